The number of benzene rings is 2. The first kappa shape index (κ1) is 19.6. The van der Waals surface area contributed by atoms with Crippen LogP contribution in [0.3, 0.4) is 0 Å². The summed E-state index contributed by atoms with van der Waals surface area (Å²) < 4.78 is 42.8. The monoisotopic (exact) mass is 372 g/mol. The third kappa shape index (κ3) is 5.12. The van der Waals surface area contributed by atoms with Crippen LogP contribution in [0, 0.1) is 11.6 Å². The number of rotatable bonds is 7. The highest BCUT2D eigenvalue weighted by atomic mass is 19.2. The van der Waals surface area contributed by atoms with Crippen LogP contribution in [0.1, 0.15) is 0 Å². The number of esters is 2. The van der Waals surface area contributed by atoms with Crippen LogP contribution >= 0.6 is 0 Å². The van der Waals surface area contributed by atoms with Crippen LogP contribution < -0.4 is 9.47 Å². The molecule has 0 atom stereocenters. The lowest BCUT2D eigenvalue weighted by Gasteiger charge is -2.09. The topological polar surface area (TPSA) is 61.8 Å². The van der Waals surface area contributed by atoms with Crippen molar-refractivity contribution in [3.05, 3.63) is 85.9 Å². The number of hydrogen-bond donors (Lipinski definition) is 0. The van der Waals surface area contributed by atoms with Crippen LogP contribution in [0.4, 0.5) is 8.78 Å². The van der Waals surface area contributed by atoms with Gasteiger partial charge in [-0.05, 0) is 29.8 Å². The maximum Gasteiger partial charge on any atom is 0.335 e. The van der Waals surface area contributed by atoms with E-state index in [0.29, 0.717) is 5.56 Å². The van der Waals surface area contributed by atoms with Crippen molar-refractivity contribution in [2.45, 2.75) is 0 Å². The molecule has 2 aromatic rings. The molecule has 0 amide bonds. The highest BCUT2D eigenvalue weighted by molar-refractivity contribution is 5.83. The lowest BCUT2D eigenvalue weighted by atomic mass is 10.0. The third-order valence-corrected chi connectivity index (χ3v) is 3.20. The number of halogens is 2. The molecular weight excluding hydrogens is 358 g/mol. The predicted molar refractivity (Wildman–Crippen MR) is 93.7 cm³/mol. The fraction of sp³-hybridized carbons (Fsp3) is 0. The number of hydrogen-bond acceptors (Lipinski definition) is 5. The summed E-state index contributed by atoms with van der Waals surface area (Å²) in [5.41, 5.74) is 0.357. The molecule has 2 aromatic carbocycles. The minimum atomic E-state index is -1.21. The standard InChI is InChI=1S/C20H14F2O5/c1-3-17(23)26-12-11-25-16-10-9-15(19(21)20(16)22)13-5-7-14(8-6-13)27-18(24)4-2/h3-12H,1-2H2. The van der Waals surface area contributed by atoms with Crippen molar-refractivity contribution in [1.82, 2.24) is 0 Å². The molecule has 0 saturated carbocycles. The highest BCUT2D eigenvalue weighted by Gasteiger charge is 2.15. The molecule has 0 radical (unpaired) electrons. The molecule has 0 N–H and O–H groups in total. The van der Waals surface area contributed by atoms with Gasteiger partial charge in [0.1, 0.15) is 18.3 Å². The third-order valence-electron chi connectivity index (χ3n) is 3.20. The van der Waals surface area contributed by atoms with E-state index in [0.717, 1.165) is 24.7 Å². The van der Waals surface area contributed by atoms with Gasteiger partial charge in [-0.25, -0.2) is 14.0 Å². The van der Waals surface area contributed by atoms with E-state index >= 15 is 0 Å². The largest absolute Gasteiger partial charge is 0.459 e. The van der Waals surface area contributed by atoms with Gasteiger partial charge in [-0.2, -0.15) is 4.39 Å². The van der Waals surface area contributed by atoms with E-state index in [1.54, 1.807) is 0 Å². The van der Waals surface area contributed by atoms with Gasteiger partial charge < -0.3 is 14.2 Å². The normalized spacial score (nSPS) is 10.3. The lowest BCUT2D eigenvalue weighted by molar-refractivity contribution is -0.132. The quantitative estimate of drug-likeness (QED) is 0.314. The minimum absolute atomic E-state index is 0.0106. The summed E-state index contributed by atoms with van der Waals surface area (Å²) in [6, 6.07) is 8.36. The Hall–Kier alpha value is -3.74. The van der Waals surface area contributed by atoms with E-state index in [-0.39, 0.29) is 11.3 Å². The Bertz CT molecular complexity index is 901. The molecule has 0 saturated heterocycles. The van der Waals surface area contributed by atoms with E-state index in [1.807, 2.05) is 0 Å². The Morgan fingerprint density at radius 2 is 1.52 bits per heavy atom. The number of ether oxygens (including phenoxy) is 3. The smallest absolute Gasteiger partial charge is 0.335 e. The van der Waals surface area contributed by atoms with Crippen LogP contribution in [0.5, 0.6) is 11.5 Å². The summed E-state index contributed by atoms with van der Waals surface area (Å²) in [5.74, 6) is -3.84. The Morgan fingerprint density at radius 3 is 2.15 bits per heavy atom. The van der Waals surface area contributed by atoms with Crippen LogP contribution in [-0.2, 0) is 14.3 Å². The summed E-state index contributed by atoms with van der Waals surface area (Å²) >= 11 is 0. The van der Waals surface area contributed by atoms with E-state index < -0.39 is 29.3 Å². The summed E-state index contributed by atoms with van der Waals surface area (Å²) in [7, 11) is 0. The number of carbonyl (C=O) groups is 2. The molecule has 7 heteroatoms. The first-order valence-corrected chi connectivity index (χ1v) is 7.53. The van der Waals surface area contributed by atoms with Crippen molar-refractivity contribution < 1.29 is 32.6 Å². The van der Waals surface area contributed by atoms with Crippen molar-refractivity contribution in [2.75, 3.05) is 0 Å². The fourth-order valence-corrected chi connectivity index (χ4v) is 1.95. The van der Waals surface area contributed by atoms with Crippen molar-refractivity contribution in [3.63, 3.8) is 0 Å². The zero-order chi connectivity index (χ0) is 19.8. The van der Waals surface area contributed by atoms with Crippen molar-refractivity contribution in [1.29, 1.82) is 0 Å². The first-order chi connectivity index (χ1) is 13.0. The van der Waals surface area contributed by atoms with Crippen molar-refractivity contribution in [3.8, 4) is 22.6 Å². The minimum Gasteiger partial charge on any atom is -0.459 e. The van der Waals surface area contributed by atoms with Gasteiger partial charge >= 0.3 is 11.9 Å². The zero-order valence-corrected chi connectivity index (χ0v) is 14.0. The van der Waals surface area contributed by atoms with Gasteiger partial charge in [0.15, 0.2) is 11.6 Å². The van der Waals surface area contributed by atoms with E-state index in [1.165, 1.54) is 36.4 Å². The Morgan fingerprint density at radius 1 is 0.852 bits per heavy atom. The highest BCUT2D eigenvalue weighted by Crippen LogP contribution is 2.31. The Labute approximate surface area is 153 Å². The molecule has 0 spiro atoms. The fourth-order valence-electron chi connectivity index (χ4n) is 1.95. The molecule has 0 fully saturated rings. The SMILES string of the molecule is C=CC(=O)OC=COc1ccc(-c2ccc(OC(=O)C=C)cc2)c(F)c1F. The molecule has 0 unspecified atom stereocenters. The summed E-state index contributed by atoms with van der Waals surface area (Å²) in [6.07, 6.45) is 3.71. The average Bonchev–Trinajstić information content (AvgIpc) is 2.68. The van der Waals surface area contributed by atoms with Crippen LogP contribution in [0.2, 0.25) is 0 Å². The van der Waals surface area contributed by atoms with Crippen LogP contribution in [0.15, 0.2) is 74.2 Å². The zero-order valence-electron chi connectivity index (χ0n) is 14.0. The summed E-state index contributed by atoms with van der Waals surface area (Å²) in [5, 5.41) is 0. The molecule has 138 valence electrons. The van der Waals surface area contributed by atoms with Gasteiger partial charge in [0.2, 0.25) is 5.82 Å². The lowest BCUT2D eigenvalue weighted by Crippen LogP contribution is -2.02. The maximum absolute atomic E-state index is 14.3. The first-order valence-electron chi connectivity index (χ1n) is 7.53. The van der Waals surface area contributed by atoms with Gasteiger partial charge in [0, 0.05) is 17.7 Å². The molecule has 0 heterocycles. The molecule has 5 nitrogen and oxygen atoms in total. The predicted octanol–water partition coefficient (Wildman–Crippen LogP) is 4.30. The molecule has 0 aromatic heterocycles. The van der Waals surface area contributed by atoms with Crippen LogP contribution in [0.25, 0.3) is 11.1 Å². The molecule has 0 aliphatic carbocycles. The van der Waals surface area contributed by atoms with Crippen molar-refractivity contribution >= 4 is 11.9 Å². The molecule has 0 bridgehead atoms. The second-order valence-corrected chi connectivity index (χ2v) is 4.92. The molecule has 2 rings (SSSR count). The molecule has 27 heavy (non-hydrogen) atoms. The molecule has 0 aliphatic rings. The van der Waals surface area contributed by atoms with Gasteiger partial charge in [0.25, 0.3) is 0 Å². The van der Waals surface area contributed by atoms with E-state index in [4.69, 9.17) is 9.47 Å². The second kappa shape index (κ2) is 9.10. The Kier molecular flexibility index (Phi) is 6.60. The van der Waals surface area contributed by atoms with E-state index in [9.17, 15) is 18.4 Å². The van der Waals surface area contributed by atoms with E-state index in [2.05, 4.69) is 17.9 Å². The van der Waals surface area contributed by atoms with Gasteiger partial charge in [-0.1, -0.05) is 25.3 Å². The van der Waals surface area contributed by atoms with Crippen molar-refractivity contribution in [2.24, 2.45) is 0 Å². The Balaban J connectivity index is 2.16. The molecular formula is C20H14F2O5. The summed E-state index contributed by atoms with van der Waals surface area (Å²) in [4.78, 5) is 22.0. The summed E-state index contributed by atoms with van der Waals surface area (Å²) in [6.45, 7) is 6.48. The second-order valence-electron chi connectivity index (χ2n) is 4.92. The van der Waals surface area contributed by atoms with Gasteiger partial charge in [-0.15, -0.1) is 0 Å². The van der Waals surface area contributed by atoms with Crippen LogP contribution in [-0.4, -0.2) is 11.9 Å². The maximum atomic E-state index is 14.3. The number of carbonyl (C=O) groups excluding carboxylic acids is 2. The van der Waals surface area contributed by atoms with Gasteiger partial charge in [0.05, 0.1) is 0 Å². The van der Waals surface area contributed by atoms with Gasteiger partial charge in [-0.3, -0.25) is 0 Å². The average molecular weight is 372 g/mol. The molecule has 0 aliphatic heterocycles.